The van der Waals surface area contributed by atoms with Crippen molar-refractivity contribution in [2.75, 3.05) is 11.9 Å². The van der Waals surface area contributed by atoms with E-state index < -0.39 is 0 Å². The minimum atomic E-state index is -0.0115. The average molecular weight is 241 g/mol. The molecule has 0 aromatic carbocycles. The Morgan fingerprint density at radius 2 is 2.25 bits per heavy atom. The van der Waals surface area contributed by atoms with Crippen LogP contribution < -0.4 is 11.1 Å². The van der Waals surface area contributed by atoms with Crippen LogP contribution in [0.5, 0.6) is 0 Å². The Labute approximate surface area is 100 Å². The van der Waals surface area contributed by atoms with Gasteiger partial charge in [-0.25, -0.2) is 4.98 Å². The maximum absolute atomic E-state index is 11.6. The molecule has 0 bridgehead atoms. The molecule has 1 aromatic heterocycles. The van der Waals surface area contributed by atoms with Crippen LogP contribution in [-0.4, -0.2) is 17.4 Å². The van der Waals surface area contributed by atoms with Crippen molar-refractivity contribution in [3.05, 3.63) is 11.1 Å². The van der Waals surface area contributed by atoms with Gasteiger partial charge in [0.2, 0.25) is 5.91 Å². The molecule has 5 heteroatoms. The van der Waals surface area contributed by atoms with Crippen LogP contribution in [0.15, 0.2) is 5.38 Å². The van der Waals surface area contributed by atoms with Gasteiger partial charge < -0.3 is 11.1 Å². The van der Waals surface area contributed by atoms with Crippen LogP contribution in [0.4, 0.5) is 5.13 Å². The van der Waals surface area contributed by atoms with Gasteiger partial charge in [0.1, 0.15) is 0 Å². The van der Waals surface area contributed by atoms with Gasteiger partial charge in [0.15, 0.2) is 5.13 Å². The van der Waals surface area contributed by atoms with E-state index in [4.69, 9.17) is 5.73 Å². The molecule has 90 valence electrons. The maximum Gasteiger partial charge on any atom is 0.226 e. The van der Waals surface area contributed by atoms with Gasteiger partial charge in [-0.3, -0.25) is 4.79 Å². The highest BCUT2D eigenvalue weighted by Gasteiger charge is 2.11. The maximum atomic E-state index is 11.6. The summed E-state index contributed by atoms with van der Waals surface area (Å²) in [4.78, 5) is 15.9. The zero-order valence-corrected chi connectivity index (χ0v) is 10.8. The van der Waals surface area contributed by atoms with Crippen LogP contribution in [0.2, 0.25) is 0 Å². The smallest absolute Gasteiger partial charge is 0.226 e. The van der Waals surface area contributed by atoms with E-state index in [0.29, 0.717) is 24.0 Å². The lowest BCUT2D eigenvalue weighted by atomic mass is 10.1. The molecule has 0 aliphatic heterocycles. The standard InChI is InChI=1S/C11H19N3OS/c1-7(2)9-6-16-11(13-9)14-10(15)4-8(3)5-12/h6-8H,4-5,12H2,1-3H3,(H,13,14,15). The molecular weight excluding hydrogens is 222 g/mol. The summed E-state index contributed by atoms with van der Waals surface area (Å²) in [6, 6.07) is 0. The van der Waals surface area contributed by atoms with Crippen molar-refractivity contribution in [2.24, 2.45) is 11.7 Å². The minimum Gasteiger partial charge on any atom is -0.330 e. The molecule has 16 heavy (non-hydrogen) atoms. The summed E-state index contributed by atoms with van der Waals surface area (Å²) in [7, 11) is 0. The van der Waals surface area contributed by atoms with E-state index in [1.807, 2.05) is 12.3 Å². The summed E-state index contributed by atoms with van der Waals surface area (Å²) in [6.07, 6.45) is 0.451. The van der Waals surface area contributed by atoms with Crippen molar-refractivity contribution in [2.45, 2.75) is 33.1 Å². The first kappa shape index (κ1) is 13.1. The predicted molar refractivity (Wildman–Crippen MR) is 67.7 cm³/mol. The molecule has 1 atom stereocenters. The minimum absolute atomic E-state index is 0.0115. The molecule has 1 rings (SSSR count). The van der Waals surface area contributed by atoms with Crippen LogP contribution in [0.25, 0.3) is 0 Å². The van der Waals surface area contributed by atoms with Crippen LogP contribution >= 0.6 is 11.3 Å². The molecule has 3 N–H and O–H groups in total. The monoisotopic (exact) mass is 241 g/mol. The number of carbonyl (C=O) groups excluding carboxylic acids is 1. The number of anilines is 1. The van der Waals surface area contributed by atoms with Crippen LogP contribution in [0, 0.1) is 5.92 Å². The summed E-state index contributed by atoms with van der Waals surface area (Å²) in [5.41, 5.74) is 6.49. The first-order valence-electron chi connectivity index (χ1n) is 5.48. The molecule has 1 aromatic rings. The van der Waals surface area contributed by atoms with E-state index in [1.54, 1.807) is 0 Å². The summed E-state index contributed by atoms with van der Waals surface area (Å²) in [5, 5.41) is 5.45. The van der Waals surface area contributed by atoms with Gasteiger partial charge >= 0.3 is 0 Å². The Kier molecular flexibility index (Phi) is 4.89. The number of nitrogens with zero attached hydrogens (tertiary/aromatic N) is 1. The van der Waals surface area contributed by atoms with Crippen LogP contribution in [0.3, 0.4) is 0 Å². The number of thiazole rings is 1. The molecule has 1 amide bonds. The predicted octanol–water partition coefficient (Wildman–Crippen LogP) is 2.19. The largest absolute Gasteiger partial charge is 0.330 e. The van der Waals surface area contributed by atoms with E-state index in [-0.39, 0.29) is 11.8 Å². The Morgan fingerprint density at radius 3 is 2.75 bits per heavy atom. The van der Waals surface area contributed by atoms with E-state index in [2.05, 4.69) is 24.1 Å². The summed E-state index contributed by atoms with van der Waals surface area (Å²) >= 11 is 1.47. The van der Waals surface area contributed by atoms with Gasteiger partial charge in [0.05, 0.1) is 5.69 Å². The number of hydrogen-bond acceptors (Lipinski definition) is 4. The molecule has 0 fully saturated rings. The molecule has 1 unspecified atom stereocenters. The van der Waals surface area contributed by atoms with Crippen molar-refractivity contribution in [1.82, 2.24) is 4.98 Å². The van der Waals surface area contributed by atoms with E-state index in [0.717, 1.165) is 5.69 Å². The highest BCUT2D eigenvalue weighted by molar-refractivity contribution is 7.13. The normalized spacial score (nSPS) is 12.8. The quantitative estimate of drug-likeness (QED) is 0.830. The average Bonchev–Trinajstić information content (AvgIpc) is 2.65. The molecule has 0 radical (unpaired) electrons. The van der Waals surface area contributed by atoms with Gasteiger partial charge in [-0.1, -0.05) is 20.8 Å². The molecule has 4 nitrogen and oxygen atoms in total. The van der Waals surface area contributed by atoms with Crippen molar-refractivity contribution in [3.8, 4) is 0 Å². The van der Waals surface area contributed by atoms with E-state index in [9.17, 15) is 4.79 Å². The second-order valence-corrected chi connectivity index (χ2v) is 5.18. The van der Waals surface area contributed by atoms with Crippen molar-refractivity contribution in [3.63, 3.8) is 0 Å². The van der Waals surface area contributed by atoms with Gasteiger partial charge in [0.25, 0.3) is 0 Å². The Hall–Kier alpha value is -0.940. The first-order valence-corrected chi connectivity index (χ1v) is 6.36. The number of carbonyl (C=O) groups is 1. The number of amides is 1. The van der Waals surface area contributed by atoms with Crippen molar-refractivity contribution >= 4 is 22.4 Å². The highest BCUT2D eigenvalue weighted by atomic mass is 32.1. The lowest BCUT2D eigenvalue weighted by molar-refractivity contribution is -0.116. The van der Waals surface area contributed by atoms with E-state index in [1.165, 1.54) is 11.3 Å². The lowest BCUT2D eigenvalue weighted by Crippen LogP contribution is -2.20. The highest BCUT2D eigenvalue weighted by Crippen LogP contribution is 2.21. The summed E-state index contributed by atoms with van der Waals surface area (Å²) in [5.74, 6) is 0.594. The van der Waals surface area contributed by atoms with Gasteiger partial charge in [-0.05, 0) is 18.4 Å². The van der Waals surface area contributed by atoms with Crippen LogP contribution in [-0.2, 0) is 4.79 Å². The Morgan fingerprint density at radius 1 is 1.56 bits per heavy atom. The Bertz CT molecular complexity index is 349. The van der Waals surface area contributed by atoms with Gasteiger partial charge in [0, 0.05) is 11.8 Å². The Balaban J connectivity index is 2.50. The molecule has 0 spiro atoms. The van der Waals surface area contributed by atoms with E-state index >= 15 is 0 Å². The third-order valence-electron chi connectivity index (χ3n) is 2.30. The fourth-order valence-corrected chi connectivity index (χ4v) is 2.07. The topological polar surface area (TPSA) is 68.0 Å². The number of aromatic nitrogens is 1. The summed E-state index contributed by atoms with van der Waals surface area (Å²) < 4.78 is 0. The number of rotatable bonds is 5. The fourth-order valence-electron chi connectivity index (χ4n) is 1.18. The number of hydrogen-bond donors (Lipinski definition) is 2. The molecule has 0 aliphatic carbocycles. The SMILES string of the molecule is CC(CN)CC(=O)Nc1nc(C(C)C)cs1. The number of nitrogens with one attached hydrogen (secondary N) is 1. The van der Waals surface area contributed by atoms with Crippen molar-refractivity contribution < 1.29 is 4.79 Å². The lowest BCUT2D eigenvalue weighted by Gasteiger charge is -2.06. The molecule has 0 saturated heterocycles. The fraction of sp³-hybridized carbons (Fsp3) is 0.636. The number of nitrogens with two attached hydrogens (primary N) is 1. The van der Waals surface area contributed by atoms with Crippen molar-refractivity contribution in [1.29, 1.82) is 0 Å². The van der Waals surface area contributed by atoms with Crippen LogP contribution in [0.1, 0.15) is 38.8 Å². The second-order valence-electron chi connectivity index (χ2n) is 4.33. The summed E-state index contributed by atoms with van der Waals surface area (Å²) in [6.45, 7) is 6.65. The molecule has 1 heterocycles. The molecule has 0 aliphatic rings. The molecular formula is C11H19N3OS. The first-order chi connectivity index (χ1) is 7.52. The van der Waals surface area contributed by atoms with Gasteiger partial charge in [-0.15, -0.1) is 11.3 Å². The molecule has 0 saturated carbocycles. The zero-order chi connectivity index (χ0) is 12.1. The van der Waals surface area contributed by atoms with Gasteiger partial charge in [-0.2, -0.15) is 0 Å². The third-order valence-corrected chi connectivity index (χ3v) is 3.07. The zero-order valence-electron chi connectivity index (χ0n) is 9.99. The third kappa shape index (κ3) is 3.90. The second kappa shape index (κ2) is 5.96.